The van der Waals surface area contributed by atoms with Gasteiger partial charge in [-0.1, -0.05) is 48.0 Å². The van der Waals surface area contributed by atoms with Gasteiger partial charge in [0.2, 0.25) is 0 Å². The zero-order valence-corrected chi connectivity index (χ0v) is 21.5. The smallest absolute Gasteiger partial charge is 0.339 e. The van der Waals surface area contributed by atoms with E-state index < -0.39 is 29.3 Å². The first-order chi connectivity index (χ1) is 19.3. The van der Waals surface area contributed by atoms with Gasteiger partial charge in [0.1, 0.15) is 0 Å². The van der Waals surface area contributed by atoms with Gasteiger partial charge in [0.25, 0.3) is 17.5 Å². The van der Waals surface area contributed by atoms with Gasteiger partial charge in [0.05, 0.1) is 21.7 Å². The summed E-state index contributed by atoms with van der Waals surface area (Å²) in [4.78, 5) is 52.8. The van der Waals surface area contributed by atoms with Crippen LogP contribution in [0.5, 0.6) is 0 Å². The van der Waals surface area contributed by atoms with Crippen LogP contribution in [0.2, 0.25) is 0 Å². The fourth-order valence-electron chi connectivity index (χ4n) is 4.55. The second-order valence-electron chi connectivity index (χ2n) is 9.29. The highest BCUT2D eigenvalue weighted by Crippen LogP contribution is 2.37. The number of carbonyl (C=O) groups is 3. The molecule has 2 amide bonds. The third kappa shape index (κ3) is 5.56. The number of hydrazine groups is 1. The minimum absolute atomic E-state index is 0.108. The topological polar surface area (TPSA) is 141 Å². The number of rotatable bonds is 6. The second kappa shape index (κ2) is 11.2. The number of pyridine rings is 1. The lowest BCUT2D eigenvalue weighted by Crippen LogP contribution is -2.43. The van der Waals surface area contributed by atoms with Crippen molar-refractivity contribution in [3.63, 3.8) is 0 Å². The molecule has 3 aromatic carbocycles. The molecule has 0 spiro atoms. The summed E-state index contributed by atoms with van der Waals surface area (Å²) in [7, 11) is 0. The summed E-state index contributed by atoms with van der Waals surface area (Å²) >= 11 is 0. The predicted molar refractivity (Wildman–Crippen MR) is 148 cm³/mol. The highest BCUT2D eigenvalue weighted by molar-refractivity contribution is 6.07. The Balaban J connectivity index is 1.30. The molecule has 0 saturated heterocycles. The number of hydrogen-bond acceptors (Lipinski definition) is 7. The van der Waals surface area contributed by atoms with E-state index in [1.165, 1.54) is 24.3 Å². The van der Waals surface area contributed by atoms with E-state index in [4.69, 9.17) is 9.72 Å². The number of aryl methyl sites for hydroxylation is 1. The monoisotopic (exact) mass is 536 g/mol. The molecular weight excluding hydrogens is 512 g/mol. The van der Waals surface area contributed by atoms with Crippen LogP contribution < -0.4 is 10.9 Å². The number of nitrogens with zero attached hydrogens (tertiary/aromatic N) is 2. The number of nitrogens with one attached hydrogen (secondary N) is 2. The van der Waals surface area contributed by atoms with Crippen molar-refractivity contribution in [2.75, 3.05) is 6.61 Å². The Labute approximate surface area is 228 Å². The summed E-state index contributed by atoms with van der Waals surface area (Å²) in [5.41, 5.74) is 10.1. The van der Waals surface area contributed by atoms with Crippen LogP contribution in [0.3, 0.4) is 0 Å². The van der Waals surface area contributed by atoms with E-state index in [0.717, 1.165) is 28.0 Å². The fraction of sp³-hybridized carbons (Fsp3) is 0.133. The van der Waals surface area contributed by atoms with E-state index in [1.54, 1.807) is 6.07 Å². The Kier molecular flexibility index (Phi) is 7.32. The molecular formula is C30H24N4O6. The molecule has 4 aromatic rings. The number of benzene rings is 3. The number of non-ortho nitro benzene ring substituents is 1. The zero-order valence-electron chi connectivity index (χ0n) is 21.5. The van der Waals surface area contributed by atoms with Crippen LogP contribution in [0.4, 0.5) is 5.69 Å². The lowest BCUT2D eigenvalue weighted by Gasteiger charge is -2.13. The summed E-state index contributed by atoms with van der Waals surface area (Å²) in [6.07, 6.45) is 3.39. The third-order valence-corrected chi connectivity index (χ3v) is 6.55. The van der Waals surface area contributed by atoms with Gasteiger partial charge >= 0.3 is 5.97 Å². The summed E-state index contributed by atoms with van der Waals surface area (Å²) in [6.45, 7) is 1.40. The van der Waals surface area contributed by atoms with Gasteiger partial charge in [-0.15, -0.1) is 0 Å². The quantitative estimate of drug-likeness (QED) is 0.209. The predicted octanol–water partition coefficient (Wildman–Crippen LogP) is 4.56. The van der Waals surface area contributed by atoms with E-state index in [-0.39, 0.29) is 11.3 Å². The van der Waals surface area contributed by atoms with Gasteiger partial charge in [-0.25, -0.2) is 9.78 Å². The molecule has 1 aromatic heterocycles. The molecule has 5 rings (SSSR count). The first-order valence-electron chi connectivity index (χ1n) is 12.5. The van der Waals surface area contributed by atoms with Crippen LogP contribution in [-0.2, 0) is 16.0 Å². The fourth-order valence-corrected chi connectivity index (χ4v) is 4.55. The largest absolute Gasteiger partial charge is 0.452 e. The number of esters is 1. The van der Waals surface area contributed by atoms with E-state index >= 15 is 0 Å². The number of ether oxygens (including phenoxy) is 1. The van der Waals surface area contributed by atoms with Gasteiger partial charge in [0.15, 0.2) is 6.61 Å². The standard InChI is InChI=1S/C30H24N4O6/c1-18-6-8-19(9-7-18)16-21-12-15-24-27(23-4-2-3-5-25(23)31-28(21)24)30(37)40-17-26(35)32-33-29(36)20-10-13-22(14-11-20)34(38)39/h2-11,13-14,16H,12,15,17H2,1H3,(H,32,35)(H,33,36). The molecule has 1 aliphatic rings. The average Bonchev–Trinajstić information content (AvgIpc) is 3.36. The van der Waals surface area contributed by atoms with Crippen molar-refractivity contribution in [3.8, 4) is 0 Å². The molecule has 0 aliphatic heterocycles. The molecule has 0 bridgehead atoms. The molecule has 1 aliphatic carbocycles. The highest BCUT2D eigenvalue weighted by atomic mass is 16.6. The first-order valence-corrected chi connectivity index (χ1v) is 12.5. The molecule has 0 radical (unpaired) electrons. The van der Waals surface area contributed by atoms with Crippen LogP contribution in [-0.4, -0.2) is 34.3 Å². The minimum Gasteiger partial charge on any atom is -0.452 e. The summed E-state index contributed by atoms with van der Waals surface area (Å²) in [5, 5.41) is 11.4. The number of hydrogen-bond donors (Lipinski definition) is 2. The number of nitro benzene ring substituents is 1. The summed E-state index contributed by atoms with van der Waals surface area (Å²) in [6, 6.07) is 20.3. The maximum atomic E-state index is 13.3. The molecule has 0 unspecified atom stereocenters. The Hall–Kier alpha value is -5.38. The van der Waals surface area contributed by atoms with Gasteiger partial charge in [0, 0.05) is 23.1 Å². The zero-order chi connectivity index (χ0) is 28.2. The molecule has 10 heteroatoms. The molecule has 0 atom stereocenters. The van der Waals surface area contributed by atoms with E-state index in [9.17, 15) is 24.5 Å². The third-order valence-electron chi connectivity index (χ3n) is 6.55. The SMILES string of the molecule is Cc1ccc(C=C2CCc3c2nc2ccccc2c3C(=O)OCC(=O)NNC(=O)c2ccc([N+](=O)[O-])cc2)cc1. The average molecular weight is 537 g/mol. The van der Waals surface area contributed by atoms with Crippen molar-refractivity contribution >= 4 is 46.0 Å². The van der Waals surface area contributed by atoms with Crippen molar-refractivity contribution in [1.82, 2.24) is 15.8 Å². The first kappa shape index (κ1) is 26.2. The van der Waals surface area contributed by atoms with Crippen molar-refractivity contribution in [3.05, 3.63) is 116 Å². The van der Waals surface area contributed by atoms with Gasteiger partial charge in [-0.05, 0) is 60.7 Å². The number of aromatic nitrogens is 1. The van der Waals surface area contributed by atoms with Crippen molar-refractivity contribution < 1.29 is 24.0 Å². The maximum absolute atomic E-state index is 13.3. The number of nitro groups is 1. The number of fused-ring (bicyclic) bond motifs is 2. The minimum atomic E-state index is -0.751. The lowest BCUT2D eigenvalue weighted by atomic mass is 10.0. The van der Waals surface area contributed by atoms with Gasteiger partial charge in [-0.3, -0.25) is 30.6 Å². The molecule has 200 valence electrons. The Bertz CT molecular complexity index is 1680. The number of amides is 2. The van der Waals surface area contributed by atoms with Crippen molar-refractivity contribution in [2.24, 2.45) is 0 Å². The maximum Gasteiger partial charge on any atom is 0.339 e. The Morgan fingerprint density at radius 2 is 1.70 bits per heavy atom. The van der Waals surface area contributed by atoms with Crippen LogP contribution >= 0.6 is 0 Å². The number of para-hydroxylation sites is 1. The molecule has 2 N–H and O–H groups in total. The number of allylic oxidation sites excluding steroid dienone is 1. The van der Waals surface area contributed by atoms with Crippen LogP contribution in [0, 0.1) is 17.0 Å². The summed E-state index contributed by atoms with van der Waals surface area (Å²) < 4.78 is 5.35. The molecule has 1 heterocycles. The summed E-state index contributed by atoms with van der Waals surface area (Å²) in [5.74, 6) is -2.10. The lowest BCUT2D eigenvalue weighted by molar-refractivity contribution is -0.384. The molecule has 0 saturated carbocycles. The van der Waals surface area contributed by atoms with Crippen LogP contribution in [0.1, 0.15) is 49.5 Å². The number of carbonyl (C=O) groups excluding carboxylic acids is 3. The van der Waals surface area contributed by atoms with Crippen molar-refractivity contribution in [1.29, 1.82) is 0 Å². The van der Waals surface area contributed by atoms with Gasteiger partial charge < -0.3 is 4.74 Å². The molecule has 0 fully saturated rings. The normalized spacial score (nSPS) is 13.1. The Morgan fingerprint density at radius 3 is 2.42 bits per heavy atom. The van der Waals surface area contributed by atoms with E-state index in [0.29, 0.717) is 29.3 Å². The van der Waals surface area contributed by atoms with E-state index in [1.807, 2.05) is 49.4 Å². The second-order valence-corrected chi connectivity index (χ2v) is 9.29. The van der Waals surface area contributed by atoms with Crippen molar-refractivity contribution in [2.45, 2.75) is 19.8 Å². The van der Waals surface area contributed by atoms with E-state index in [2.05, 4.69) is 16.9 Å². The molecule has 10 nitrogen and oxygen atoms in total. The van der Waals surface area contributed by atoms with Crippen LogP contribution in [0.15, 0.2) is 72.8 Å². The Morgan fingerprint density at radius 1 is 0.975 bits per heavy atom. The van der Waals surface area contributed by atoms with Crippen LogP contribution in [0.25, 0.3) is 22.6 Å². The van der Waals surface area contributed by atoms with Gasteiger partial charge in [-0.2, -0.15) is 0 Å². The highest BCUT2D eigenvalue weighted by Gasteiger charge is 2.28. The molecule has 40 heavy (non-hydrogen) atoms.